The van der Waals surface area contributed by atoms with Gasteiger partial charge in [-0.25, -0.2) is 0 Å². The molecule has 1 aliphatic carbocycles. The smallest absolute Gasteiger partial charge is 0.222 e. The van der Waals surface area contributed by atoms with Crippen molar-refractivity contribution in [3.63, 3.8) is 0 Å². The normalized spacial score (nSPS) is 21.4. The van der Waals surface area contributed by atoms with Gasteiger partial charge in [-0.2, -0.15) is 0 Å². The Morgan fingerprint density at radius 1 is 1.37 bits per heavy atom. The highest BCUT2D eigenvalue weighted by Crippen LogP contribution is 2.32. The van der Waals surface area contributed by atoms with E-state index in [4.69, 9.17) is 0 Å². The van der Waals surface area contributed by atoms with Crippen LogP contribution in [-0.4, -0.2) is 33.9 Å². The van der Waals surface area contributed by atoms with Gasteiger partial charge in [0.2, 0.25) is 5.91 Å². The number of amides is 1. The van der Waals surface area contributed by atoms with Crippen molar-refractivity contribution >= 4 is 5.91 Å². The van der Waals surface area contributed by atoms with Gasteiger partial charge in [-0.05, 0) is 38.5 Å². The molecular weight excluding hydrogens is 242 g/mol. The fourth-order valence-corrected chi connectivity index (χ4v) is 2.55. The fraction of sp³-hybridized carbons (Fsp3) is 0.933. The van der Waals surface area contributed by atoms with Crippen molar-refractivity contribution in [2.24, 2.45) is 5.92 Å². The van der Waals surface area contributed by atoms with E-state index in [9.17, 15) is 15.0 Å². The van der Waals surface area contributed by atoms with Gasteiger partial charge in [-0.1, -0.05) is 26.7 Å². The molecule has 0 aliphatic heterocycles. The van der Waals surface area contributed by atoms with Crippen LogP contribution in [-0.2, 0) is 4.79 Å². The maximum Gasteiger partial charge on any atom is 0.222 e. The molecule has 4 heteroatoms. The van der Waals surface area contributed by atoms with E-state index in [-0.39, 0.29) is 18.9 Å². The zero-order valence-electron chi connectivity index (χ0n) is 12.5. The molecular formula is C15H29NO3. The minimum atomic E-state index is -0.863. The average molecular weight is 271 g/mol. The van der Waals surface area contributed by atoms with Gasteiger partial charge in [-0.3, -0.25) is 4.79 Å². The SMILES string of the molecule is CC(C)CCC(C)(O)CNC(=O)CC1(O)CCCC1. The van der Waals surface area contributed by atoms with Crippen LogP contribution >= 0.6 is 0 Å². The Balaban J connectivity index is 2.28. The summed E-state index contributed by atoms with van der Waals surface area (Å²) in [6.45, 7) is 6.24. The molecule has 0 aromatic carbocycles. The first-order chi connectivity index (χ1) is 8.72. The number of nitrogens with one attached hydrogen (secondary N) is 1. The molecule has 1 fully saturated rings. The lowest BCUT2D eigenvalue weighted by molar-refractivity contribution is -0.127. The third-order valence-corrected chi connectivity index (χ3v) is 3.95. The van der Waals surface area contributed by atoms with Crippen LogP contribution in [0.5, 0.6) is 0 Å². The summed E-state index contributed by atoms with van der Waals surface area (Å²) in [5.41, 5.74) is -1.67. The highest BCUT2D eigenvalue weighted by atomic mass is 16.3. The van der Waals surface area contributed by atoms with Gasteiger partial charge in [0.1, 0.15) is 0 Å². The summed E-state index contributed by atoms with van der Waals surface area (Å²) in [7, 11) is 0. The fourth-order valence-electron chi connectivity index (χ4n) is 2.55. The molecule has 0 radical (unpaired) electrons. The lowest BCUT2D eigenvalue weighted by atomic mass is 9.94. The first-order valence-electron chi connectivity index (χ1n) is 7.44. The zero-order valence-corrected chi connectivity index (χ0v) is 12.5. The number of aliphatic hydroxyl groups is 2. The monoisotopic (exact) mass is 271 g/mol. The molecule has 3 N–H and O–H groups in total. The standard InChI is InChI=1S/C15H29NO3/c1-12(2)6-9-14(3,18)11-16-13(17)10-15(19)7-4-5-8-15/h12,18-19H,4-11H2,1-3H3,(H,16,17). The van der Waals surface area contributed by atoms with Crippen LogP contribution in [0.15, 0.2) is 0 Å². The van der Waals surface area contributed by atoms with Crippen LogP contribution in [0.1, 0.15) is 65.7 Å². The molecule has 0 heterocycles. The van der Waals surface area contributed by atoms with E-state index in [0.717, 1.165) is 19.3 Å². The Morgan fingerprint density at radius 2 is 1.95 bits per heavy atom. The predicted molar refractivity (Wildman–Crippen MR) is 75.7 cm³/mol. The van der Waals surface area contributed by atoms with Crippen LogP contribution in [0.2, 0.25) is 0 Å². The van der Waals surface area contributed by atoms with Crippen LogP contribution in [0.3, 0.4) is 0 Å². The van der Waals surface area contributed by atoms with Gasteiger partial charge in [0.15, 0.2) is 0 Å². The van der Waals surface area contributed by atoms with E-state index in [1.165, 1.54) is 0 Å². The first kappa shape index (κ1) is 16.4. The average Bonchev–Trinajstić information content (AvgIpc) is 2.71. The summed E-state index contributed by atoms with van der Waals surface area (Å²) in [6.07, 6.45) is 5.19. The van der Waals surface area contributed by atoms with E-state index in [1.807, 2.05) is 0 Å². The Bertz CT molecular complexity index is 294. The highest BCUT2D eigenvalue weighted by Gasteiger charge is 2.33. The maximum atomic E-state index is 11.8. The molecule has 0 aromatic rings. The van der Waals surface area contributed by atoms with Gasteiger partial charge in [-0.15, -0.1) is 0 Å². The van der Waals surface area contributed by atoms with E-state index >= 15 is 0 Å². The van der Waals surface area contributed by atoms with Gasteiger partial charge in [0.05, 0.1) is 17.6 Å². The zero-order chi connectivity index (χ0) is 14.5. The molecule has 0 bridgehead atoms. The molecule has 4 nitrogen and oxygen atoms in total. The second kappa shape index (κ2) is 6.71. The number of carbonyl (C=O) groups excluding carboxylic acids is 1. The molecule has 1 aliphatic rings. The molecule has 19 heavy (non-hydrogen) atoms. The molecule has 0 aromatic heterocycles. The summed E-state index contributed by atoms with van der Waals surface area (Å²) < 4.78 is 0. The van der Waals surface area contributed by atoms with Crippen molar-refractivity contribution in [2.45, 2.75) is 76.9 Å². The van der Waals surface area contributed by atoms with Gasteiger partial charge >= 0.3 is 0 Å². The molecule has 1 amide bonds. The second-order valence-corrected chi connectivity index (χ2v) is 6.81. The molecule has 1 unspecified atom stereocenters. The predicted octanol–water partition coefficient (Wildman–Crippen LogP) is 1.98. The van der Waals surface area contributed by atoms with Gasteiger partial charge in [0.25, 0.3) is 0 Å². The van der Waals surface area contributed by atoms with Crippen LogP contribution in [0, 0.1) is 5.92 Å². The lowest BCUT2D eigenvalue weighted by Crippen LogP contribution is -2.43. The van der Waals surface area contributed by atoms with Crippen molar-refractivity contribution < 1.29 is 15.0 Å². The Hall–Kier alpha value is -0.610. The van der Waals surface area contributed by atoms with Crippen LogP contribution in [0.25, 0.3) is 0 Å². The van der Waals surface area contributed by atoms with E-state index in [1.54, 1.807) is 6.92 Å². The summed E-state index contributed by atoms with van der Waals surface area (Å²) >= 11 is 0. The summed E-state index contributed by atoms with van der Waals surface area (Å²) in [5, 5.41) is 23.1. The third kappa shape index (κ3) is 6.39. The Labute approximate surface area is 116 Å². The Kier molecular flexibility index (Phi) is 5.81. The molecule has 1 rings (SSSR count). The van der Waals surface area contributed by atoms with Crippen molar-refractivity contribution in [1.82, 2.24) is 5.32 Å². The topological polar surface area (TPSA) is 69.6 Å². The van der Waals surface area contributed by atoms with Crippen molar-refractivity contribution in [3.8, 4) is 0 Å². The third-order valence-electron chi connectivity index (χ3n) is 3.95. The molecule has 0 spiro atoms. The second-order valence-electron chi connectivity index (χ2n) is 6.81. The van der Waals surface area contributed by atoms with E-state index in [2.05, 4.69) is 19.2 Å². The number of rotatable bonds is 7. The van der Waals surface area contributed by atoms with Crippen molar-refractivity contribution in [2.75, 3.05) is 6.54 Å². The van der Waals surface area contributed by atoms with Crippen molar-refractivity contribution in [1.29, 1.82) is 0 Å². The number of hydrogen-bond donors (Lipinski definition) is 3. The molecule has 1 atom stereocenters. The van der Waals surface area contributed by atoms with E-state index in [0.29, 0.717) is 25.2 Å². The minimum absolute atomic E-state index is 0.158. The number of carbonyl (C=O) groups is 1. The quantitative estimate of drug-likeness (QED) is 0.663. The molecule has 112 valence electrons. The van der Waals surface area contributed by atoms with E-state index < -0.39 is 11.2 Å². The van der Waals surface area contributed by atoms with Crippen LogP contribution in [0.4, 0.5) is 0 Å². The maximum absolute atomic E-state index is 11.8. The largest absolute Gasteiger partial charge is 0.389 e. The minimum Gasteiger partial charge on any atom is -0.389 e. The van der Waals surface area contributed by atoms with Gasteiger partial charge < -0.3 is 15.5 Å². The summed E-state index contributed by atoms with van der Waals surface area (Å²) in [5.74, 6) is 0.385. The highest BCUT2D eigenvalue weighted by molar-refractivity contribution is 5.77. The van der Waals surface area contributed by atoms with Crippen molar-refractivity contribution in [3.05, 3.63) is 0 Å². The summed E-state index contributed by atoms with van der Waals surface area (Å²) in [4.78, 5) is 11.8. The lowest BCUT2D eigenvalue weighted by Gasteiger charge is -2.26. The molecule has 0 saturated heterocycles. The number of hydrogen-bond acceptors (Lipinski definition) is 3. The van der Waals surface area contributed by atoms with Crippen LogP contribution < -0.4 is 5.32 Å². The summed E-state index contributed by atoms with van der Waals surface area (Å²) in [6, 6.07) is 0. The first-order valence-corrected chi connectivity index (χ1v) is 7.44. The molecule has 1 saturated carbocycles. The Morgan fingerprint density at radius 3 is 2.47 bits per heavy atom. The van der Waals surface area contributed by atoms with Gasteiger partial charge in [0, 0.05) is 6.54 Å².